The molecule has 0 spiro atoms. The zero-order valence-electron chi connectivity index (χ0n) is 19.9. The lowest BCUT2D eigenvalue weighted by Gasteiger charge is -2.31. The van der Waals surface area contributed by atoms with E-state index in [4.69, 9.17) is 5.73 Å². The number of nitrogens with one attached hydrogen (secondary N) is 2. The number of hydrogen-bond donors (Lipinski definition) is 3. The Balaban J connectivity index is 1.51. The van der Waals surface area contributed by atoms with E-state index in [1.807, 2.05) is 17.3 Å². The van der Waals surface area contributed by atoms with Crippen LogP contribution in [0.15, 0.2) is 64.1 Å². The van der Waals surface area contributed by atoms with Crippen LogP contribution in [0, 0.1) is 6.92 Å². The normalized spacial score (nSPS) is 21.6. The van der Waals surface area contributed by atoms with Crippen LogP contribution in [0.2, 0.25) is 0 Å². The Morgan fingerprint density at radius 1 is 1.35 bits per heavy atom. The number of nitrogens with zero attached hydrogens (tertiary/aromatic N) is 3. The van der Waals surface area contributed by atoms with Crippen molar-refractivity contribution in [3.8, 4) is 0 Å². The molecular weight excluding hydrogens is 424 g/mol. The van der Waals surface area contributed by atoms with Crippen LogP contribution in [0.5, 0.6) is 0 Å². The number of aliphatic imine (C=N–C) groups is 1. The first-order valence-corrected chi connectivity index (χ1v) is 12.0. The number of nitrogens with two attached hydrogens (primary N) is 1. The van der Waals surface area contributed by atoms with Gasteiger partial charge in [-0.3, -0.25) is 9.79 Å². The SMILES string of the molecule is CN=CC=C(N)C(=O)N1CCC2=C(CC(C3CCCN3)=CC(c3cnc4[nH]cc(C)c4c3)=C2)C1. The third-order valence-electron chi connectivity index (χ3n) is 7.09. The van der Waals surface area contributed by atoms with E-state index in [-0.39, 0.29) is 11.6 Å². The van der Waals surface area contributed by atoms with Crippen LogP contribution in [-0.4, -0.2) is 59.7 Å². The van der Waals surface area contributed by atoms with Crippen LogP contribution in [0.4, 0.5) is 0 Å². The molecule has 7 nitrogen and oxygen atoms in total. The molecule has 7 heteroatoms. The van der Waals surface area contributed by atoms with E-state index in [1.54, 1.807) is 19.3 Å². The first-order chi connectivity index (χ1) is 16.5. The summed E-state index contributed by atoms with van der Waals surface area (Å²) in [4.78, 5) is 26.6. The summed E-state index contributed by atoms with van der Waals surface area (Å²) in [6.07, 6.45) is 15.8. The Kier molecular flexibility index (Phi) is 6.20. The van der Waals surface area contributed by atoms with Crippen molar-refractivity contribution in [2.24, 2.45) is 10.7 Å². The second-order valence-corrected chi connectivity index (χ2v) is 9.37. The van der Waals surface area contributed by atoms with Crippen molar-refractivity contribution in [1.82, 2.24) is 20.2 Å². The Morgan fingerprint density at radius 3 is 3.03 bits per heavy atom. The van der Waals surface area contributed by atoms with Crippen LogP contribution >= 0.6 is 0 Å². The average molecular weight is 457 g/mol. The molecule has 0 saturated carbocycles. The van der Waals surface area contributed by atoms with Gasteiger partial charge in [-0.15, -0.1) is 0 Å². The maximum atomic E-state index is 12.9. The molecule has 4 N–H and O–H groups in total. The third-order valence-corrected chi connectivity index (χ3v) is 7.09. The van der Waals surface area contributed by atoms with Crippen molar-refractivity contribution >= 4 is 28.7 Å². The van der Waals surface area contributed by atoms with E-state index in [1.165, 1.54) is 34.3 Å². The fourth-order valence-electron chi connectivity index (χ4n) is 5.18. The number of fused-ring (bicyclic) bond motifs is 1. The number of carbonyl (C=O) groups is 1. The molecule has 34 heavy (non-hydrogen) atoms. The molecule has 5 rings (SSSR count). The molecule has 2 aromatic rings. The van der Waals surface area contributed by atoms with Gasteiger partial charge >= 0.3 is 0 Å². The molecular formula is C27H32N6O. The number of pyridine rings is 1. The van der Waals surface area contributed by atoms with Crippen LogP contribution in [0.3, 0.4) is 0 Å². The highest BCUT2D eigenvalue weighted by Gasteiger charge is 2.28. The van der Waals surface area contributed by atoms with Gasteiger partial charge in [0.25, 0.3) is 5.91 Å². The molecule has 1 atom stereocenters. The maximum Gasteiger partial charge on any atom is 0.270 e. The molecule has 176 valence electrons. The molecule has 0 bridgehead atoms. The number of rotatable bonds is 4. The van der Waals surface area contributed by atoms with Gasteiger partial charge in [0.1, 0.15) is 5.65 Å². The minimum atomic E-state index is -0.123. The Bertz CT molecular complexity index is 1270. The predicted octanol–water partition coefficient (Wildman–Crippen LogP) is 3.41. The van der Waals surface area contributed by atoms with Gasteiger partial charge in [0.2, 0.25) is 0 Å². The lowest BCUT2D eigenvalue weighted by Crippen LogP contribution is -2.39. The highest BCUT2D eigenvalue weighted by atomic mass is 16.2. The van der Waals surface area contributed by atoms with Crippen molar-refractivity contribution in [3.63, 3.8) is 0 Å². The molecule has 1 fully saturated rings. The lowest BCUT2D eigenvalue weighted by molar-refractivity contribution is -0.127. The fourth-order valence-corrected chi connectivity index (χ4v) is 5.18. The zero-order valence-corrected chi connectivity index (χ0v) is 19.9. The van der Waals surface area contributed by atoms with Gasteiger partial charge in [0.15, 0.2) is 0 Å². The van der Waals surface area contributed by atoms with Gasteiger partial charge in [-0.25, -0.2) is 4.98 Å². The molecule has 1 amide bonds. The topological polar surface area (TPSA) is 99.4 Å². The first kappa shape index (κ1) is 22.3. The lowest BCUT2D eigenvalue weighted by atomic mass is 9.92. The van der Waals surface area contributed by atoms with Crippen LogP contribution in [0.25, 0.3) is 16.6 Å². The van der Waals surface area contributed by atoms with Crippen LogP contribution < -0.4 is 11.1 Å². The van der Waals surface area contributed by atoms with Gasteiger partial charge in [-0.05, 0) is 79.2 Å². The molecule has 1 saturated heterocycles. The van der Waals surface area contributed by atoms with Gasteiger partial charge in [-0.2, -0.15) is 0 Å². The maximum absolute atomic E-state index is 12.9. The van der Waals surface area contributed by atoms with Crippen molar-refractivity contribution < 1.29 is 4.79 Å². The number of aromatic amines is 1. The van der Waals surface area contributed by atoms with Crippen LogP contribution in [-0.2, 0) is 4.79 Å². The summed E-state index contributed by atoms with van der Waals surface area (Å²) in [5.74, 6) is -0.123. The van der Waals surface area contributed by atoms with E-state index >= 15 is 0 Å². The minimum Gasteiger partial charge on any atom is -0.394 e. The Morgan fingerprint density at radius 2 is 2.24 bits per heavy atom. The van der Waals surface area contributed by atoms with Gasteiger partial charge in [0.05, 0.1) is 5.70 Å². The van der Waals surface area contributed by atoms with Crippen molar-refractivity contribution in [2.45, 2.75) is 38.6 Å². The summed E-state index contributed by atoms with van der Waals surface area (Å²) >= 11 is 0. The van der Waals surface area contributed by atoms with E-state index in [0.717, 1.165) is 42.4 Å². The van der Waals surface area contributed by atoms with Gasteiger partial charge in [-0.1, -0.05) is 12.2 Å². The van der Waals surface area contributed by atoms with Gasteiger partial charge in [0, 0.05) is 55.7 Å². The van der Waals surface area contributed by atoms with Crippen molar-refractivity contribution in [1.29, 1.82) is 0 Å². The number of hydrogen-bond acceptors (Lipinski definition) is 5. The Hall–Kier alpha value is -3.45. The highest BCUT2D eigenvalue weighted by molar-refractivity contribution is 5.96. The number of H-pyrrole nitrogens is 1. The molecule has 4 heterocycles. The summed E-state index contributed by atoms with van der Waals surface area (Å²) in [5.41, 5.74) is 14.7. The molecule has 0 aromatic carbocycles. The standard InChI is InChI=1S/C27H32N6O/c1-17-14-31-26-23(17)13-21(15-32-26)19-10-18-6-9-33(27(34)24(28)5-8-29-2)16-22(18)12-20(11-19)25-4-3-7-30-25/h5,8,10-11,13-15,25,30H,3-4,6-7,9,12,16,28H2,1-2H3,(H,31,32). The van der Waals surface area contributed by atoms with Crippen LogP contribution in [0.1, 0.15) is 36.8 Å². The monoisotopic (exact) mass is 456 g/mol. The van der Waals surface area contributed by atoms with E-state index < -0.39 is 0 Å². The average Bonchev–Trinajstić information content (AvgIpc) is 3.47. The summed E-state index contributed by atoms with van der Waals surface area (Å²) in [6, 6.07) is 2.61. The summed E-state index contributed by atoms with van der Waals surface area (Å²) in [5, 5.41) is 4.83. The first-order valence-electron chi connectivity index (χ1n) is 12.0. The number of allylic oxidation sites excluding steroid dienone is 4. The fraction of sp³-hybridized carbons (Fsp3) is 0.370. The number of carbonyl (C=O) groups excluding carboxylic acids is 1. The third kappa shape index (κ3) is 4.35. The zero-order chi connectivity index (χ0) is 23.7. The van der Waals surface area contributed by atoms with E-state index in [9.17, 15) is 4.79 Å². The second-order valence-electron chi connectivity index (χ2n) is 9.37. The summed E-state index contributed by atoms with van der Waals surface area (Å²) < 4.78 is 0. The molecule has 2 aromatic heterocycles. The number of aryl methyl sites for hydroxylation is 1. The highest BCUT2D eigenvalue weighted by Crippen LogP contribution is 2.35. The smallest absolute Gasteiger partial charge is 0.270 e. The quantitative estimate of drug-likeness (QED) is 0.485. The minimum absolute atomic E-state index is 0.123. The Labute approximate surface area is 200 Å². The molecule has 1 unspecified atom stereocenters. The predicted molar refractivity (Wildman–Crippen MR) is 137 cm³/mol. The second kappa shape index (κ2) is 9.43. The molecule has 0 radical (unpaired) electrons. The van der Waals surface area contributed by atoms with Gasteiger partial charge < -0.3 is 20.9 Å². The summed E-state index contributed by atoms with van der Waals surface area (Å²) in [6.45, 7) is 4.42. The number of amides is 1. The van der Waals surface area contributed by atoms with E-state index in [0.29, 0.717) is 19.1 Å². The van der Waals surface area contributed by atoms with Crippen molar-refractivity contribution in [2.75, 3.05) is 26.7 Å². The van der Waals surface area contributed by atoms with Crippen molar-refractivity contribution in [3.05, 3.63) is 70.2 Å². The molecule has 3 aliphatic rings. The molecule has 2 aliphatic heterocycles. The van der Waals surface area contributed by atoms with E-state index in [2.05, 4.69) is 45.4 Å². The summed E-state index contributed by atoms with van der Waals surface area (Å²) in [7, 11) is 1.66. The largest absolute Gasteiger partial charge is 0.394 e. The molecule has 1 aliphatic carbocycles. The number of aromatic nitrogens is 2.